The summed E-state index contributed by atoms with van der Waals surface area (Å²) in [4.78, 5) is 21.0. The van der Waals surface area contributed by atoms with Gasteiger partial charge < -0.3 is 13.1 Å². The Labute approximate surface area is 109 Å². The van der Waals surface area contributed by atoms with Crippen LogP contribution in [0.1, 0.15) is 48.3 Å². The smallest absolute Gasteiger partial charge is 1.00 e. The molecule has 0 unspecified atom stereocenters. The molecular weight excluding hydrogens is 208 g/mol. The first-order valence-corrected chi connectivity index (χ1v) is 5.05. The summed E-state index contributed by atoms with van der Waals surface area (Å²) in [7, 11) is 0. The van der Waals surface area contributed by atoms with Crippen molar-refractivity contribution in [1.82, 2.24) is 0 Å². The maximum absolute atomic E-state index is 10.5. The van der Waals surface area contributed by atoms with E-state index in [9.17, 15) is 9.59 Å². The quantitative estimate of drug-likeness (QED) is 0.378. The molecule has 0 aliphatic carbocycles. The molecule has 4 nitrogen and oxygen atoms in total. The van der Waals surface area contributed by atoms with Crippen LogP contribution in [0.4, 0.5) is 0 Å². The van der Waals surface area contributed by atoms with E-state index >= 15 is 0 Å². The minimum absolute atomic E-state index is 0. The Kier molecular flexibility index (Phi) is 11.7. The van der Waals surface area contributed by atoms with Gasteiger partial charge in [-0.25, -0.2) is 0 Å². The summed E-state index contributed by atoms with van der Waals surface area (Å²) in [6.45, 7) is 2.09. The van der Waals surface area contributed by atoms with E-state index in [1.165, 1.54) is 0 Å². The second kappa shape index (κ2) is 10.2. The third-order valence-corrected chi connectivity index (χ3v) is 2.19. The van der Waals surface area contributed by atoms with Gasteiger partial charge in [0, 0.05) is 0 Å². The molecule has 2 N–H and O–H groups in total. The number of hydrogen-bond donors (Lipinski definition) is 2. The maximum Gasteiger partial charge on any atom is 2.00 e. The minimum Gasteiger partial charge on any atom is -1.00 e. The maximum atomic E-state index is 10.5. The van der Waals surface area contributed by atoms with Crippen molar-refractivity contribution in [3.63, 3.8) is 0 Å². The van der Waals surface area contributed by atoms with E-state index in [2.05, 4.69) is 6.92 Å². The molecule has 0 saturated carbocycles. The normalized spacial score (nSPS) is 9.73. The molecule has 0 fully saturated rings. The van der Waals surface area contributed by atoms with Gasteiger partial charge >= 0.3 is 35.0 Å². The first-order chi connectivity index (χ1) is 6.59. The van der Waals surface area contributed by atoms with E-state index in [1.807, 2.05) is 0 Å². The number of unbranched alkanes of at least 4 members (excludes halogenated alkanes) is 4. The van der Waals surface area contributed by atoms with Gasteiger partial charge in [0.05, 0.1) is 0 Å². The fourth-order valence-electron chi connectivity index (χ4n) is 1.30. The Morgan fingerprint density at radius 2 is 1.53 bits per heavy atom. The van der Waals surface area contributed by atoms with Crippen molar-refractivity contribution in [1.29, 1.82) is 0 Å². The Morgan fingerprint density at radius 3 is 1.93 bits per heavy atom. The van der Waals surface area contributed by atoms with Crippen molar-refractivity contribution in [2.45, 2.75) is 45.4 Å². The van der Waals surface area contributed by atoms with Crippen molar-refractivity contribution in [2.75, 3.05) is 0 Å². The number of rotatable bonds is 8. The molecule has 0 aromatic rings. The number of carbonyl (C=O) groups is 2. The van der Waals surface area contributed by atoms with Gasteiger partial charge in [-0.3, -0.25) is 9.59 Å². The van der Waals surface area contributed by atoms with Crippen LogP contribution in [0.15, 0.2) is 0 Å². The zero-order valence-corrected chi connectivity index (χ0v) is 10.7. The third kappa shape index (κ3) is 8.68. The molecule has 0 spiro atoms. The van der Waals surface area contributed by atoms with Gasteiger partial charge in [0.25, 0.3) is 0 Å². The zero-order chi connectivity index (χ0) is 11.0. The fraction of sp³-hybridized carbons (Fsp3) is 0.800. The topological polar surface area (TPSA) is 74.6 Å². The molecule has 0 aromatic carbocycles. The predicted molar refractivity (Wildman–Crippen MR) is 60.1 cm³/mol. The van der Waals surface area contributed by atoms with Gasteiger partial charge in [-0.15, -0.1) is 0 Å². The molecule has 0 aliphatic rings. The third-order valence-electron chi connectivity index (χ3n) is 2.19. The van der Waals surface area contributed by atoms with E-state index < -0.39 is 17.9 Å². The second-order valence-corrected chi connectivity index (χ2v) is 3.43. The predicted octanol–water partition coefficient (Wildman–Crippen LogP) is 1.98. The monoisotopic (exact) mass is 228 g/mol. The van der Waals surface area contributed by atoms with Gasteiger partial charge in [0.2, 0.25) is 0 Å². The molecule has 0 atom stereocenters. The summed E-state index contributed by atoms with van der Waals surface area (Å²) in [5.74, 6) is -3.68. The van der Waals surface area contributed by atoms with Crippen LogP contribution < -0.4 is 0 Å². The molecule has 0 rings (SSSR count). The van der Waals surface area contributed by atoms with Crippen LogP contribution in [0, 0.1) is 5.92 Å². The van der Waals surface area contributed by atoms with E-state index in [1.54, 1.807) is 0 Å². The van der Waals surface area contributed by atoms with Crippen molar-refractivity contribution in [2.24, 2.45) is 5.92 Å². The zero-order valence-electron chi connectivity index (χ0n) is 11.2. The van der Waals surface area contributed by atoms with Gasteiger partial charge in [-0.05, 0) is 6.42 Å². The van der Waals surface area contributed by atoms with Gasteiger partial charge in [0.15, 0.2) is 5.92 Å². The summed E-state index contributed by atoms with van der Waals surface area (Å²) < 4.78 is 0. The summed E-state index contributed by atoms with van der Waals surface area (Å²) in [5.41, 5.74) is 0. The van der Waals surface area contributed by atoms with Crippen LogP contribution in [0.2, 0.25) is 0 Å². The number of carboxylic acids is 2. The average Bonchev–Trinajstić information content (AvgIpc) is 2.09. The molecule has 0 amide bonds. The summed E-state index contributed by atoms with van der Waals surface area (Å²) in [6, 6.07) is 0. The van der Waals surface area contributed by atoms with Gasteiger partial charge in [-0.2, -0.15) is 0 Å². The van der Waals surface area contributed by atoms with Crippen LogP contribution in [0.5, 0.6) is 0 Å². The SMILES string of the molecule is CCCCCCCC(C(=O)O)C(=O)O.[H-].[H-].[Mg+2]. The van der Waals surface area contributed by atoms with Crippen LogP contribution in [0.25, 0.3) is 0 Å². The number of hydrogen-bond acceptors (Lipinski definition) is 2. The molecule has 5 heteroatoms. The van der Waals surface area contributed by atoms with Crippen LogP contribution >= 0.6 is 0 Å². The molecule has 0 aromatic heterocycles. The summed E-state index contributed by atoms with van der Waals surface area (Å²) in [6.07, 6.45) is 5.16. The van der Waals surface area contributed by atoms with Gasteiger partial charge in [-0.1, -0.05) is 39.0 Å². The fourth-order valence-corrected chi connectivity index (χ4v) is 1.30. The van der Waals surface area contributed by atoms with Gasteiger partial charge in [0.1, 0.15) is 0 Å². The van der Waals surface area contributed by atoms with Crippen molar-refractivity contribution < 1.29 is 22.7 Å². The second-order valence-electron chi connectivity index (χ2n) is 3.43. The molecule has 86 valence electrons. The minimum atomic E-state index is -1.23. The molecule has 0 saturated heterocycles. The van der Waals surface area contributed by atoms with Crippen molar-refractivity contribution >= 4 is 35.0 Å². The standard InChI is InChI=1S/C10H18O4.Mg.2H/c1-2-3-4-5-6-7-8(9(11)12)10(13)14;;;/h8H,2-7H2,1H3,(H,11,12)(H,13,14);;;/q;+2;2*-1. The summed E-state index contributed by atoms with van der Waals surface area (Å²) >= 11 is 0. The number of aliphatic carboxylic acids is 2. The van der Waals surface area contributed by atoms with Crippen molar-refractivity contribution in [3.8, 4) is 0 Å². The van der Waals surface area contributed by atoms with E-state index in [0.717, 1.165) is 25.7 Å². The van der Waals surface area contributed by atoms with E-state index in [0.29, 0.717) is 6.42 Å². The summed E-state index contributed by atoms with van der Waals surface area (Å²) in [5, 5.41) is 17.1. The Balaban J connectivity index is -0.000000282. The molecule has 0 radical (unpaired) electrons. The molecule has 0 bridgehead atoms. The van der Waals surface area contributed by atoms with Crippen molar-refractivity contribution in [3.05, 3.63) is 0 Å². The first-order valence-electron chi connectivity index (χ1n) is 5.05. The van der Waals surface area contributed by atoms with E-state index in [4.69, 9.17) is 10.2 Å². The number of carboxylic acid groups (broad SMARTS) is 2. The van der Waals surface area contributed by atoms with Crippen LogP contribution in [0.3, 0.4) is 0 Å². The molecular formula is C10H20MgO4. The molecule has 0 heterocycles. The average molecular weight is 229 g/mol. The van der Waals surface area contributed by atoms with E-state index in [-0.39, 0.29) is 32.3 Å². The first kappa shape index (κ1) is 17.1. The Bertz CT molecular complexity index is 189. The van der Waals surface area contributed by atoms with Crippen LogP contribution in [-0.4, -0.2) is 45.2 Å². The molecule has 15 heavy (non-hydrogen) atoms. The largest absolute Gasteiger partial charge is 2.00 e. The molecule has 0 aliphatic heterocycles. The van der Waals surface area contributed by atoms with Crippen LogP contribution in [-0.2, 0) is 9.59 Å². The Hall–Kier alpha value is -0.294. The Morgan fingerprint density at radius 1 is 1.07 bits per heavy atom.